The molecule has 0 spiro atoms. The summed E-state index contributed by atoms with van der Waals surface area (Å²) in [6, 6.07) is 15.0. The summed E-state index contributed by atoms with van der Waals surface area (Å²) in [4.78, 5) is 24.2. The maximum atomic E-state index is 13.0. The van der Waals surface area contributed by atoms with Crippen LogP contribution in [0.3, 0.4) is 0 Å². The lowest BCUT2D eigenvalue weighted by Crippen LogP contribution is -2.29. The second-order valence-corrected chi connectivity index (χ2v) is 7.28. The van der Waals surface area contributed by atoms with Crippen molar-refractivity contribution in [3.63, 3.8) is 0 Å². The van der Waals surface area contributed by atoms with Gasteiger partial charge in [0, 0.05) is 24.8 Å². The predicted molar refractivity (Wildman–Crippen MR) is 112 cm³/mol. The lowest BCUT2D eigenvalue weighted by molar-refractivity contribution is 0.0788. The Morgan fingerprint density at radius 1 is 1.20 bits per heavy atom. The Hall–Kier alpha value is -3.61. The Kier molecular flexibility index (Phi) is 4.71. The van der Waals surface area contributed by atoms with Crippen molar-refractivity contribution < 1.29 is 13.9 Å². The molecule has 0 saturated carbocycles. The van der Waals surface area contributed by atoms with Crippen LogP contribution >= 0.6 is 0 Å². The molecular formula is C23H22N4O3. The number of likely N-dealkylation sites (tertiary alicyclic amines) is 1. The van der Waals surface area contributed by atoms with Crippen molar-refractivity contribution in [2.45, 2.75) is 19.4 Å². The summed E-state index contributed by atoms with van der Waals surface area (Å²) in [5, 5.41) is 0. The van der Waals surface area contributed by atoms with Gasteiger partial charge in [0.25, 0.3) is 5.91 Å². The summed E-state index contributed by atoms with van der Waals surface area (Å²) < 4.78 is 13.2. The topological polar surface area (TPSA) is 73.4 Å². The molecule has 152 valence electrons. The summed E-state index contributed by atoms with van der Waals surface area (Å²) >= 11 is 0. The average Bonchev–Trinajstić information content (AvgIpc) is 3.52. The third-order valence-electron chi connectivity index (χ3n) is 5.42. The van der Waals surface area contributed by atoms with E-state index in [4.69, 9.17) is 14.1 Å². The van der Waals surface area contributed by atoms with Crippen molar-refractivity contribution in [2.75, 3.05) is 19.7 Å². The number of hydrogen-bond donors (Lipinski definition) is 0. The Morgan fingerprint density at radius 3 is 2.83 bits per heavy atom. The molecule has 1 aromatic carbocycles. The van der Waals surface area contributed by atoms with Gasteiger partial charge in [-0.1, -0.05) is 0 Å². The van der Waals surface area contributed by atoms with Crippen LogP contribution in [0.25, 0.3) is 22.7 Å². The molecule has 7 nitrogen and oxygen atoms in total. The number of imidazole rings is 1. The number of aromatic nitrogens is 3. The minimum atomic E-state index is 0.0254. The minimum Gasteiger partial charge on any atom is -0.494 e. The van der Waals surface area contributed by atoms with Crippen LogP contribution in [0.1, 0.15) is 29.7 Å². The number of amides is 1. The van der Waals surface area contributed by atoms with Gasteiger partial charge in [-0.15, -0.1) is 0 Å². The molecule has 3 aromatic heterocycles. The molecule has 1 aliphatic heterocycles. The maximum Gasteiger partial charge on any atom is 0.253 e. The van der Waals surface area contributed by atoms with Crippen molar-refractivity contribution in [3.8, 4) is 17.3 Å². The third-order valence-corrected chi connectivity index (χ3v) is 5.42. The number of fused-ring (bicyclic) bond motifs is 1. The number of nitrogens with zero attached hydrogens (tertiary/aromatic N) is 4. The van der Waals surface area contributed by atoms with Crippen LogP contribution in [0.5, 0.6) is 5.75 Å². The molecule has 1 atom stereocenters. The maximum absolute atomic E-state index is 13.0. The van der Waals surface area contributed by atoms with E-state index in [1.165, 1.54) is 0 Å². The Balaban J connectivity index is 1.43. The van der Waals surface area contributed by atoms with E-state index >= 15 is 0 Å². The van der Waals surface area contributed by atoms with Gasteiger partial charge in [0.15, 0.2) is 17.2 Å². The molecule has 0 radical (unpaired) electrons. The van der Waals surface area contributed by atoms with Crippen LogP contribution in [-0.4, -0.2) is 45.0 Å². The highest BCUT2D eigenvalue weighted by atomic mass is 16.5. The largest absolute Gasteiger partial charge is 0.494 e. The molecule has 1 unspecified atom stereocenters. The highest BCUT2D eigenvalue weighted by Gasteiger charge is 2.31. The summed E-state index contributed by atoms with van der Waals surface area (Å²) in [5.41, 5.74) is 2.29. The van der Waals surface area contributed by atoms with Gasteiger partial charge in [-0.25, -0.2) is 9.97 Å². The zero-order chi connectivity index (χ0) is 20.5. The summed E-state index contributed by atoms with van der Waals surface area (Å²) in [6.07, 6.45) is 4.24. The summed E-state index contributed by atoms with van der Waals surface area (Å²) in [6.45, 7) is 3.82. The number of carbonyl (C=O) groups excluding carboxylic acids is 1. The molecule has 0 aliphatic carbocycles. The quantitative estimate of drug-likeness (QED) is 0.501. The van der Waals surface area contributed by atoms with Crippen molar-refractivity contribution in [3.05, 3.63) is 66.6 Å². The monoisotopic (exact) mass is 402 g/mol. The molecule has 4 aromatic rings. The van der Waals surface area contributed by atoms with E-state index in [0.717, 1.165) is 29.2 Å². The van der Waals surface area contributed by atoms with E-state index in [9.17, 15) is 4.79 Å². The number of furan rings is 1. The fourth-order valence-electron chi connectivity index (χ4n) is 4.04. The lowest BCUT2D eigenvalue weighted by atomic mass is 10.2. The van der Waals surface area contributed by atoms with Crippen molar-refractivity contribution in [2.24, 2.45) is 0 Å². The zero-order valence-corrected chi connectivity index (χ0v) is 16.7. The van der Waals surface area contributed by atoms with E-state index in [1.54, 1.807) is 12.5 Å². The molecule has 5 rings (SSSR count). The molecule has 1 saturated heterocycles. The van der Waals surface area contributed by atoms with E-state index in [0.29, 0.717) is 31.0 Å². The second-order valence-electron chi connectivity index (χ2n) is 7.28. The second kappa shape index (κ2) is 7.67. The normalized spacial score (nSPS) is 16.3. The first-order chi connectivity index (χ1) is 14.7. The van der Waals surface area contributed by atoms with Gasteiger partial charge < -0.3 is 18.6 Å². The molecule has 1 amide bonds. The number of rotatable bonds is 5. The molecule has 0 bridgehead atoms. The average molecular weight is 402 g/mol. The van der Waals surface area contributed by atoms with Crippen molar-refractivity contribution in [1.29, 1.82) is 0 Å². The smallest absolute Gasteiger partial charge is 0.253 e. The van der Waals surface area contributed by atoms with Crippen LogP contribution in [0.15, 0.2) is 65.4 Å². The van der Waals surface area contributed by atoms with Gasteiger partial charge >= 0.3 is 0 Å². The number of hydrogen-bond acceptors (Lipinski definition) is 5. The molecule has 4 heterocycles. The molecule has 30 heavy (non-hydrogen) atoms. The SMILES string of the molecule is CCOc1ccc(C(=O)N2CCC(n3c(-c4ccco4)nc4cccnc43)C2)cc1. The molecule has 1 aliphatic rings. The van der Waals surface area contributed by atoms with Crippen molar-refractivity contribution >= 4 is 17.1 Å². The van der Waals surface area contributed by atoms with Gasteiger partial charge in [0.1, 0.15) is 11.3 Å². The number of carbonyl (C=O) groups is 1. The Labute approximate surface area is 173 Å². The first kappa shape index (κ1) is 18.4. The van der Waals surface area contributed by atoms with Gasteiger partial charge in [-0.3, -0.25) is 4.79 Å². The number of pyridine rings is 1. The van der Waals surface area contributed by atoms with Crippen LogP contribution in [0.2, 0.25) is 0 Å². The standard InChI is InChI=1S/C23H22N4O3/c1-2-29-18-9-7-16(8-10-18)23(28)26-13-11-17(15-26)27-21-19(5-3-12-24-21)25-22(27)20-6-4-14-30-20/h3-10,12,14,17H,2,11,13,15H2,1H3. The highest BCUT2D eigenvalue weighted by Crippen LogP contribution is 2.32. The summed E-state index contributed by atoms with van der Waals surface area (Å²) in [7, 11) is 0. The van der Waals surface area contributed by atoms with E-state index < -0.39 is 0 Å². The van der Waals surface area contributed by atoms with Crippen LogP contribution in [-0.2, 0) is 0 Å². The van der Waals surface area contributed by atoms with E-state index in [1.807, 2.05) is 60.4 Å². The lowest BCUT2D eigenvalue weighted by Gasteiger charge is -2.18. The van der Waals surface area contributed by atoms with Crippen LogP contribution < -0.4 is 4.74 Å². The molecule has 7 heteroatoms. The van der Waals surface area contributed by atoms with Gasteiger partial charge in [-0.2, -0.15) is 0 Å². The Morgan fingerprint density at radius 2 is 2.07 bits per heavy atom. The molecular weight excluding hydrogens is 380 g/mol. The third kappa shape index (κ3) is 3.22. The first-order valence-corrected chi connectivity index (χ1v) is 10.1. The van der Waals surface area contributed by atoms with Crippen LogP contribution in [0.4, 0.5) is 0 Å². The van der Waals surface area contributed by atoms with E-state index in [-0.39, 0.29) is 11.9 Å². The van der Waals surface area contributed by atoms with Gasteiger partial charge in [-0.05, 0) is 61.9 Å². The predicted octanol–water partition coefficient (Wildman–Crippen LogP) is 4.18. The fourth-order valence-corrected chi connectivity index (χ4v) is 4.04. The summed E-state index contributed by atoms with van der Waals surface area (Å²) in [5.74, 6) is 2.24. The molecule has 1 fully saturated rings. The van der Waals surface area contributed by atoms with Crippen LogP contribution in [0, 0.1) is 0 Å². The van der Waals surface area contributed by atoms with Gasteiger partial charge in [0.05, 0.1) is 18.9 Å². The van der Waals surface area contributed by atoms with Gasteiger partial charge in [0.2, 0.25) is 0 Å². The first-order valence-electron chi connectivity index (χ1n) is 10.1. The number of benzene rings is 1. The zero-order valence-electron chi connectivity index (χ0n) is 16.7. The molecule has 0 N–H and O–H groups in total. The number of ether oxygens (including phenoxy) is 1. The van der Waals surface area contributed by atoms with E-state index in [2.05, 4.69) is 9.55 Å². The highest BCUT2D eigenvalue weighted by molar-refractivity contribution is 5.94. The fraction of sp³-hybridized carbons (Fsp3) is 0.261. The Bertz CT molecular complexity index is 1170. The minimum absolute atomic E-state index is 0.0254. The van der Waals surface area contributed by atoms with Crippen molar-refractivity contribution in [1.82, 2.24) is 19.4 Å².